The molecule has 0 bridgehead atoms. The van der Waals surface area contributed by atoms with E-state index in [1.807, 2.05) is 30.3 Å². The number of hydrogen-bond donors (Lipinski definition) is 2. The number of carboxylic acid groups (broad SMARTS) is 1. The van der Waals surface area contributed by atoms with E-state index in [1.54, 1.807) is 4.57 Å². The number of carboxylic acids is 1. The third kappa shape index (κ3) is 4.45. The van der Waals surface area contributed by atoms with E-state index >= 15 is 0 Å². The number of nitrogens with zero attached hydrogens (tertiary/aromatic N) is 1. The van der Waals surface area contributed by atoms with Gasteiger partial charge in [-0.2, -0.15) is 0 Å². The molecule has 2 aromatic rings. The number of hydrogen-bond acceptors (Lipinski definition) is 4. The molecular formula is C16H15NO3S2. The van der Waals surface area contributed by atoms with Gasteiger partial charge in [-0.25, -0.2) is 0 Å². The van der Waals surface area contributed by atoms with Gasteiger partial charge in [-0.05, 0) is 30.8 Å². The largest absolute Gasteiger partial charge is 0.494 e. The first-order valence-electron chi connectivity index (χ1n) is 6.75. The highest BCUT2D eigenvalue weighted by molar-refractivity contribution is 7.73. The minimum atomic E-state index is -0.852. The zero-order valence-electron chi connectivity index (χ0n) is 11.8. The maximum atomic E-state index is 10.5. The predicted molar refractivity (Wildman–Crippen MR) is 88.7 cm³/mol. The summed E-state index contributed by atoms with van der Waals surface area (Å²) < 4.78 is 2.11. The van der Waals surface area contributed by atoms with Crippen molar-refractivity contribution in [3.8, 4) is 17.7 Å². The molecule has 2 rings (SSSR count). The summed E-state index contributed by atoms with van der Waals surface area (Å²) in [7, 11) is 0. The van der Waals surface area contributed by atoms with Crippen molar-refractivity contribution in [2.24, 2.45) is 0 Å². The minimum Gasteiger partial charge on any atom is -0.494 e. The second-order valence-corrected chi connectivity index (χ2v) is 6.34. The Morgan fingerprint density at radius 1 is 1.32 bits per heavy atom. The molecule has 2 N–H and O–H groups in total. The summed E-state index contributed by atoms with van der Waals surface area (Å²) in [5.41, 5.74) is 0.923. The molecule has 4 nitrogen and oxygen atoms in total. The first kappa shape index (κ1) is 16.3. The quantitative estimate of drug-likeness (QED) is 0.650. The van der Waals surface area contributed by atoms with Gasteiger partial charge in [0, 0.05) is 24.9 Å². The van der Waals surface area contributed by atoms with E-state index in [-0.39, 0.29) is 12.3 Å². The lowest BCUT2D eigenvalue weighted by molar-refractivity contribution is -0.137. The maximum Gasteiger partial charge on any atom is 0.303 e. The number of aromatic hydroxyl groups is 1. The Kier molecular flexibility index (Phi) is 5.75. The fourth-order valence-electron chi connectivity index (χ4n) is 1.89. The van der Waals surface area contributed by atoms with Crippen LogP contribution in [0.4, 0.5) is 0 Å². The van der Waals surface area contributed by atoms with Gasteiger partial charge in [0.1, 0.15) is 0 Å². The molecule has 6 heteroatoms. The molecule has 0 unspecified atom stereocenters. The topological polar surface area (TPSA) is 62.5 Å². The summed E-state index contributed by atoms with van der Waals surface area (Å²) in [5.74, 6) is 5.30. The van der Waals surface area contributed by atoms with Crippen LogP contribution in [0.15, 0.2) is 30.3 Å². The Balaban J connectivity index is 2.05. The lowest BCUT2D eigenvalue weighted by Crippen LogP contribution is -2.01. The Morgan fingerprint density at radius 3 is 2.73 bits per heavy atom. The SMILES string of the molecule is O=C(O)CCCn1c(O)c(CC#Cc2ccccc2)sc1=S. The Morgan fingerprint density at radius 2 is 2.05 bits per heavy atom. The van der Waals surface area contributed by atoms with Crippen LogP contribution in [0.25, 0.3) is 0 Å². The number of rotatable bonds is 5. The molecule has 0 aliphatic heterocycles. The van der Waals surface area contributed by atoms with Crippen LogP contribution in [-0.2, 0) is 17.8 Å². The van der Waals surface area contributed by atoms with Crippen molar-refractivity contribution in [1.29, 1.82) is 0 Å². The molecule has 1 aromatic carbocycles. The highest BCUT2D eigenvalue weighted by Crippen LogP contribution is 2.26. The molecule has 114 valence electrons. The zero-order valence-corrected chi connectivity index (χ0v) is 13.4. The van der Waals surface area contributed by atoms with Crippen LogP contribution < -0.4 is 0 Å². The van der Waals surface area contributed by atoms with E-state index in [0.29, 0.717) is 28.2 Å². The number of aliphatic carboxylic acids is 1. The van der Waals surface area contributed by atoms with Crippen molar-refractivity contribution in [2.45, 2.75) is 25.8 Å². The molecule has 1 heterocycles. The summed E-state index contributed by atoms with van der Waals surface area (Å²) in [6.45, 7) is 0.402. The Labute approximate surface area is 137 Å². The molecule has 0 amide bonds. The summed E-state index contributed by atoms with van der Waals surface area (Å²) in [6, 6.07) is 9.62. The van der Waals surface area contributed by atoms with Gasteiger partial charge in [0.2, 0.25) is 5.88 Å². The monoisotopic (exact) mass is 333 g/mol. The minimum absolute atomic E-state index is 0.0558. The van der Waals surface area contributed by atoms with Crippen molar-refractivity contribution in [3.63, 3.8) is 0 Å². The predicted octanol–water partition coefficient (Wildman–Crippen LogP) is 3.44. The molecule has 0 saturated carbocycles. The first-order chi connectivity index (χ1) is 10.6. The smallest absolute Gasteiger partial charge is 0.303 e. The second kappa shape index (κ2) is 7.78. The van der Waals surface area contributed by atoms with E-state index in [1.165, 1.54) is 11.3 Å². The van der Waals surface area contributed by atoms with E-state index < -0.39 is 5.97 Å². The van der Waals surface area contributed by atoms with Gasteiger partial charge in [-0.1, -0.05) is 30.0 Å². The number of aromatic nitrogens is 1. The fourth-order valence-corrected chi connectivity index (χ4v) is 3.22. The first-order valence-corrected chi connectivity index (χ1v) is 7.97. The fraction of sp³-hybridized carbons (Fsp3) is 0.250. The van der Waals surface area contributed by atoms with Gasteiger partial charge < -0.3 is 10.2 Å². The molecule has 0 aliphatic rings. The van der Waals surface area contributed by atoms with Gasteiger partial charge >= 0.3 is 5.97 Å². The van der Waals surface area contributed by atoms with Crippen LogP contribution in [0.1, 0.15) is 23.3 Å². The molecule has 0 atom stereocenters. The second-order valence-electron chi connectivity index (χ2n) is 4.61. The van der Waals surface area contributed by atoms with Crippen molar-refractivity contribution in [1.82, 2.24) is 4.57 Å². The van der Waals surface area contributed by atoms with Gasteiger partial charge in [0.05, 0.1) is 4.88 Å². The van der Waals surface area contributed by atoms with Gasteiger partial charge in [0.25, 0.3) is 0 Å². The van der Waals surface area contributed by atoms with Crippen LogP contribution in [0.5, 0.6) is 5.88 Å². The molecule has 0 spiro atoms. The van der Waals surface area contributed by atoms with E-state index in [2.05, 4.69) is 11.8 Å². The lowest BCUT2D eigenvalue weighted by atomic mass is 10.2. The van der Waals surface area contributed by atoms with Crippen molar-refractivity contribution >= 4 is 29.5 Å². The average Bonchev–Trinajstić information content (AvgIpc) is 2.76. The zero-order chi connectivity index (χ0) is 15.9. The Bertz CT molecular complexity index is 766. The summed E-state index contributed by atoms with van der Waals surface area (Å²) in [4.78, 5) is 11.2. The van der Waals surface area contributed by atoms with Crippen LogP contribution in [0, 0.1) is 15.8 Å². The van der Waals surface area contributed by atoms with Crippen molar-refractivity contribution in [2.75, 3.05) is 0 Å². The van der Waals surface area contributed by atoms with Crippen LogP contribution in [0.2, 0.25) is 0 Å². The normalized spacial score (nSPS) is 10.0. The average molecular weight is 333 g/mol. The molecule has 22 heavy (non-hydrogen) atoms. The standard InChI is InChI=1S/C16H15NO3S2/c18-14(19)10-5-11-17-15(20)13(22-16(17)21)9-4-8-12-6-2-1-3-7-12/h1-3,6-7,20H,5,9-11H2,(H,18,19). The number of thiazole rings is 1. The molecule has 1 aromatic heterocycles. The molecule has 0 aliphatic carbocycles. The Hall–Kier alpha value is -2.10. The van der Waals surface area contributed by atoms with E-state index in [9.17, 15) is 9.90 Å². The summed E-state index contributed by atoms with van der Waals surface area (Å²) in [5, 5.41) is 18.8. The third-order valence-corrected chi connectivity index (χ3v) is 4.40. The highest BCUT2D eigenvalue weighted by Gasteiger charge is 2.11. The molecule has 0 radical (unpaired) electrons. The maximum absolute atomic E-state index is 10.5. The highest BCUT2D eigenvalue weighted by atomic mass is 32.1. The lowest BCUT2D eigenvalue weighted by Gasteiger charge is -2.03. The van der Waals surface area contributed by atoms with E-state index in [4.69, 9.17) is 17.3 Å². The van der Waals surface area contributed by atoms with Crippen LogP contribution >= 0.6 is 23.6 Å². The number of carbonyl (C=O) groups is 1. The van der Waals surface area contributed by atoms with E-state index in [0.717, 1.165) is 5.56 Å². The molecule has 0 fully saturated rings. The molecule has 0 saturated heterocycles. The summed E-state index contributed by atoms with van der Waals surface area (Å²) in [6.07, 6.45) is 0.907. The molecular weight excluding hydrogens is 318 g/mol. The van der Waals surface area contributed by atoms with Crippen LogP contribution in [0.3, 0.4) is 0 Å². The summed E-state index contributed by atoms with van der Waals surface area (Å²) >= 11 is 6.52. The van der Waals surface area contributed by atoms with Crippen molar-refractivity contribution < 1.29 is 15.0 Å². The van der Waals surface area contributed by atoms with Crippen molar-refractivity contribution in [3.05, 3.63) is 44.7 Å². The van der Waals surface area contributed by atoms with Gasteiger partial charge in [-0.3, -0.25) is 9.36 Å². The van der Waals surface area contributed by atoms with Gasteiger partial charge in [0.15, 0.2) is 3.95 Å². The van der Waals surface area contributed by atoms with Crippen LogP contribution in [-0.4, -0.2) is 20.7 Å². The van der Waals surface area contributed by atoms with Gasteiger partial charge in [-0.15, -0.1) is 11.3 Å². The third-order valence-electron chi connectivity index (χ3n) is 2.96. The number of benzene rings is 1.